The maximum atomic E-state index is 10.2. The van der Waals surface area contributed by atoms with Gasteiger partial charge in [0.15, 0.2) is 0 Å². The molecule has 0 aromatic carbocycles. The Bertz CT molecular complexity index is 904. The Morgan fingerprint density at radius 3 is 1.00 bits per heavy atom. The molecule has 0 fully saturated rings. The minimum Gasteiger partial charge on any atom is -2.00 e. The van der Waals surface area contributed by atoms with Crippen LogP contribution in [-0.4, -0.2) is 98.1 Å². The first kappa shape index (κ1) is 43.9. The molecule has 0 saturated carbocycles. The predicted molar refractivity (Wildman–Crippen MR) is 167 cm³/mol. The monoisotopic (exact) mass is 842 g/mol. The van der Waals surface area contributed by atoms with Crippen molar-refractivity contribution in [2.75, 3.05) is 44.3 Å². The second-order valence-electron chi connectivity index (χ2n) is 9.76. The standard InChI is InChI=1S/C12H12BN8.C6H16P2.C3H9OSi.CH2Cl2.ClH.O.Re/c1-5-14-18(9-1)13(19-10-2-6-15-19,20-11-3-7-16-20)21-12-4-8-17-21;1-7(2)5-6-8(3)4;1-5(2,3)4;2-1-3;;;/h1-12H;5-6H2,1-4H3;1-3H3;1H2;1H;;/q-1;;-1;;;-2;/p+1. The maximum absolute atomic E-state index is 10.2. The number of alkyl halides is 2. The van der Waals surface area contributed by atoms with Crippen LogP contribution in [0, 0.1) is 0 Å². The van der Waals surface area contributed by atoms with Crippen molar-refractivity contribution in [3.8, 4) is 0 Å². The Kier molecular flexibility index (Phi) is 25.2. The molecule has 0 aliphatic carbocycles. The second-order valence-corrected chi connectivity index (χ2v) is 20.6. The SMILES string of the molecule is C[PH+](C)CC[PH+](C)C.C[Si](C)(C)[O-].ClCCl.[Cl-].[O-2].[Re].c1cnn([B-](n2cccn2)(n2cccn2)n2cccn2)c1. The van der Waals surface area contributed by atoms with E-state index in [2.05, 4.69) is 47.1 Å². The van der Waals surface area contributed by atoms with E-state index in [1.54, 1.807) is 44.4 Å². The molecule has 4 heterocycles. The van der Waals surface area contributed by atoms with Crippen LogP contribution in [0.3, 0.4) is 0 Å². The van der Waals surface area contributed by atoms with Crippen LogP contribution >= 0.6 is 39.0 Å². The molecule has 0 atom stereocenters. The van der Waals surface area contributed by atoms with Gasteiger partial charge in [-0.05, 0) is 64.9 Å². The van der Waals surface area contributed by atoms with Crippen LogP contribution in [0.4, 0.5) is 0 Å². The van der Waals surface area contributed by atoms with Gasteiger partial charge in [0.2, 0.25) is 0 Å². The van der Waals surface area contributed by atoms with Gasteiger partial charge in [-0.3, -0.25) is 0 Å². The number of nitrogens with zero attached hydrogens (tertiary/aromatic N) is 8. The first-order chi connectivity index (χ1) is 17.5. The Morgan fingerprint density at radius 1 is 0.675 bits per heavy atom. The maximum Gasteiger partial charge on any atom is 0.466 e. The van der Waals surface area contributed by atoms with E-state index in [0.29, 0.717) is 0 Å². The molecule has 40 heavy (non-hydrogen) atoms. The summed E-state index contributed by atoms with van der Waals surface area (Å²) < 4.78 is 7.25. The molecule has 4 aromatic heterocycles. The van der Waals surface area contributed by atoms with Crippen molar-refractivity contribution in [1.82, 2.24) is 38.8 Å². The van der Waals surface area contributed by atoms with Crippen molar-refractivity contribution in [3.05, 3.63) is 73.8 Å². The van der Waals surface area contributed by atoms with Crippen LogP contribution in [0.2, 0.25) is 19.6 Å². The molecule has 10 nitrogen and oxygen atoms in total. The Labute approximate surface area is 272 Å². The minimum atomic E-state index is -1.86. The summed E-state index contributed by atoms with van der Waals surface area (Å²) >= 11 is 9.53. The summed E-state index contributed by atoms with van der Waals surface area (Å²) in [6.45, 7) is 13.1. The molecule has 4 aromatic rings. The summed E-state index contributed by atoms with van der Waals surface area (Å²) in [7, 11) is -1.67. The van der Waals surface area contributed by atoms with Crippen molar-refractivity contribution >= 4 is 54.0 Å². The van der Waals surface area contributed by atoms with Crippen molar-refractivity contribution < 1.29 is 43.1 Å². The molecule has 18 heteroatoms. The Balaban J connectivity index is -0.000000611. The van der Waals surface area contributed by atoms with E-state index in [1.807, 2.05) is 67.4 Å². The number of aromatic nitrogens is 8. The van der Waals surface area contributed by atoms with Crippen molar-refractivity contribution in [1.29, 1.82) is 0 Å². The predicted octanol–water partition coefficient (Wildman–Crippen LogP) is 0.821. The molecular formula is C22H41BCl3N8O2P2ReSi-3. The summed E-state index contributed by atoms with van der Waals surface area (Å²) in [5.74, 6) is 0. The third kappa shape index (κ3) is 15.6. The fourth-order valence-electron chi connectivity index (χ4n) is 3.17. The molecule has 4 rings (SSSR count). The molecule has 0 unspecified atom stereocenters. The van der Waals surface area contributed by atoms with Crippen molar-refractivity contribution in [2.45, 2.75) is 19.6 Å². The molecule has 0 amide bonds. The largest absolute Gasteiger partial charge is 2.00 e. The second kappa shape index (κ2) is 23.0. The van der Waals surface area contributed by atoms with Crippen LogP contribution < -0.4 is 17.2 Å². The summed E-state index contributed by atoms with van der Waals surface area (Å²) in [5.41, 5.74) is 0. The quantitative estimate of drug-likeness (QED) is 0.155. The Hall–Kier alpha value is -0.566. The van der Waals surface area contributed by atoms with E-state index in [-0.39, 0.29) is 59.5 Å². The minimum absolute atomic E-state index is 0. The van der Waals surface area contributed by atoms with Crippen molar-refractivity contribution in [2.24, 2.45) is 0 Å². The smallest absolute Gasteiger partial charge is 0.466 e. The third-order valence-corrected chi connectivity index (χ3v) is 7.64. The molecule has 0 bridgehead atoms. The average molecular weight is 843 g/mol. The Morgan fingerprint density at radius 2 is 0.875 bits per heavy atom. The van der Waals surface area contributed by atoms with Gasteiger partial charge in [0.25, 0.3) is 0 Å². The number of rotatable bonds is 7. The molecular weight excluding hydrogens is 802 g/mol. The molecule has 0 aliphatic rings. The number of halogens is 3. The zero-order chi connectivity index (χ0) is 27.9. The van der Waals surface area contributed by atoms with Gasteiger partial charge in [0.05, 0.1) is 17.7 Å². The molecule has 1 radical (unpaired) electrons. The molecule has 0 saturated heterocycles. The van der Waals surface area contributed by atoms with Crippen LogP contribution in [0.25, 0.3) is 0 Å². The van der Waals surface area contributed by atoms with Crippen LogP contribution in [-0.2, 0) is 25.9 Å². The van der Waals surface area contributed by atoms with Crippen molar-refractivity contribution in [3.63, 3.8) is 0 Å². The van der Waals surface area contributed by atoms with Gasteiger partial charge >= 0.3 is 6.69 Å². The van der Waals surface area contributed by atoms with Gasteiger partial charge in [0.1, 0.15) is 0 Å². The van der Waals surface area contributed by atoms with E-state index in [0.717, 1.165) is 0 Å². The van der Waals surface area contributed by atoms with Gasteiger partial charge in [0, 0.05) is 71.9 Å². The molecule has 0 N–H and O–H groups in total. The van der Waals surface area contributed by atoms with Gasteiger partial charge in [-0.2, -0.15) is 0 Å². The summed E-state index contributed by atoms with van der Waals surface area (Å²) in [6.07, 6.45) is 17.5. The average Bonchev–Trinajstić information content (AvgIpc) is 3.63. The van der Waals surface area contributed by atoms with Crippen LogP contribution in [0.15, 0.2) is 73.8 Å². The molecule has 0 aliphatic heterocycles. The number of hydrogen-bond acceptors (Lipinski definition) is 5. The van der Waals surface area contributed by atoms with E-state index < -0.39 is 15.0 Å². The van der Waals surface area contributed by atoms with Gasteiger partial charge in [-0.25, -0.2) is 20.4 Å². The summed E-state index contributed by atoms with van der Waals surface area (Å²) in [6, 6.07) is 7.47. The molecule has 0 spiro atoms. The van der Waals surface area contributed by atoms with Crippen LogP contribution in [0.5, 0.6) is 0 Å². The fraction of sp³-hybridized carbons (Fsp3) is 0.455. The topological polar surface area (TPSA) is 123 Å². The van der Waals surface area contributed by atoms with Crippen LogP contribution in [0.1, 0.15) is 0 Å². The van der Waals surface area contributed by atoms with E-state index in [1.165, 1.54) is 12.3 Å². The first-order valence-electron chi connectivity index (χ1n) is 12.0. The number of hydrogen-bond donors (Lipinski definition) is 0. The zero-order valence-corrected chi connectivity index (χ0v) is 32.0. The third-order valence-electron chi connectivity index (χ3n) is 4.64. The van der Waals surface area contributed by atoms with Gasteiger partial charge < -0.3 is 41.1 Å². The van der Waals surface area contributed by atoms with E-state index in [9.17, 15) is 4.80 Å². The normalized spacial score (nSPS) is 10.4. The first-order valence-corrected chi connectivity index (χ1v) is 21.9. The van der Waals surface area contributed by atoms with Gasteiger partial charge in [-0.15, -0.1) is 23.2 Å². The fourth-order valence-corrected chi connectivity index (χ4v) is 7.17. The molecule has 229 valence electrons. The van der Waals surface area contributed by atoms with E-state index in [4.69, 9.17) is 23.2 Å². The van der Waals surface area contributed by atoms with E-state index >= 15 is 0 Å². The summed E-state index contributed by atoms with van der Waals surface area (Å²) in [5, 5.41) is 17.9. The summed E-state index contributed by atoms with van der Waals surface area (Å²) in [4.78, 5) is 10.2. The zero-order valence-electron chi connectivity index (χ0n) is 24.0. The van der Waals surface area contributed by atoms with Gasteiger partial charge in [-0.1, -0.05) is 28.0 Å².